The van der Waals surface area contributed by atoms with Crippen molar-refractivity contribution in [3.05, 3.63) is 35.9 Å². The Hall–Kier alpha value is -2.48. The molecule has 0 amide bonds. The molecule has 0 spiro atoms. The Morgan fingerprint density at radius 1 is 1.12 bits per heavy atom. The highest BCUT2D eigenvalue weighted by Crippen LogP contribution is 2.30. The molecular weight excluding hydrogens is 455 g/mol. The standard InChI is InChI=1S/C19H22F3N3O6S/c1-28-9-10-30-13-14-3-2-4-15(11-14)16-12-17(31-32(26,27)19(20,21)22)24-18(23-16)25-5-7-29-8-6-25/h2-4,11-12H,5-10,13H2,1H3. The summed E-state index contributed by atoms with van der Waals surface area (Å²) in [4.78, 5) is 9.98. The fourth-order valence-electron chi connectivity index (χ4n) is 2.82. The maximum Gasteiger partial charge on any atom is 0.534 e. The van der Waals surface area contributed by atoms with Crippen molar-refractivity contribution in [1.82, 2.24) is 9.97 Å². The summed E-state index contributed by atoms with van der Waals surface area (Å²) in [5, 5.41) is 0. The lowest BCUT2D eigenvalue weighted by Gasteiger charge is -2.27. The van der Waals surface area contributed by atoms with E-state index in [1.165, 1.54) is 0 Å². The van der Waals surface area contributed by atoms with E-state index in [-0.39, 0.29) is 18.2 Å². The van der Waals surface area contributed by atoms with Gasteiger partial charge >= 0.3 is 15.6 Å². The van der Waals surface area contributed by atoms with Crippen molar-refractivity contribution < 1.29 is 40.0 Å². The van der Waals surface area contributed by atoms with Crippen LogP contribution in [0, 0.1) is 0 Å². The molecule has 0 atom stereocenters. The summed E-state index contributed by atoms with van der Waals surface area (Å²) in [5.41, 5.74) is -4.07. The van der Waals surface area contributed by atoms with Crippen LogP contribution in [0.1, 0.15) is 5.56 Å². The van der Waals surface area contributed by atoms with E-state index in [0.29, 0.717) is 45.1 Å². The lowest BCUT2D eigenvalue weighted by molar-refractivity contribution is -0.0501. The minimum absolute atomic E-state index is 0.0416. The molecule has 13 heteroatoms. The van der Waals surface area contributed by atoms with E-state index in [9.17, 15) is 21.6 Å². The van der Waals surface area contributed by atoms with E-state index >= 15 is 0 Å². The van der Waals surface area contributed by atoms with Crippen molar-refractivity contribution in [2.24, 2.45) is 0 Å². The second-order valence-corrected chi connectivity index (χ2v) is 8.26. The van der Waals surface area contributed by atoms with Gasteiger partial charge in [-0.1, -0.05) is 18.2 Å². The fraction of sp³-hybridized carbons (Fsp3) is 0.474. The molecule has 32 heavy (non-hydrogen) atoms. The lowest BCUT2D eigenvalue weighted by atomic mass is 10.1. The van der Waals surface area contributed by atoms with Crippen LogP contribution in [0.4, 0.5) is 19.1 Å². The van der Waals surface area contributed by atoms with Gasteiger partial charge in [0.25, 0.3) is 0 Å². The Morgan fingerprint density at radius 2 is 1.88 bits per heavy atom. The van der Waals surface area contributed by atoms with Gasteiger partial charge in [0.2, 0.25) is 11.8 Å². The number of methoxy groups -OCH3 is 1. The first-order valence-corrected chi connectivity index (χ1v) is 11.0. The first-order chi connectivity index (χ1) is 15.2. The van der Waals surface area contributed by atoms with E-state index in [1.807, 2.05) is 6.07 Å². The summed E-state index contributed by atoms with van der Waals surface area (Å²) >= 11 is 0. The molecule has 176 valence electrons. The van der Waals surface area contributed by atoms with Gasteiger partial charge in [0, 0.05) is 31.8 Å². The van der Waals surface area contributed by atoms with Crippen molar-refractivity contribution in [1.29, 1.82) is 0 Å². The van der Waals surface area contributed by atoms with Gasteiger partial charge in [-0.15, -0.1) is 0 Å². The summed E-state index contributed by atoms with van der Waals surface area (Å²) in [6, 6.07) is 8.02. The number of halogens is 3. The zero-order valence-corrected chi connectivity index (χ0v) is 18.0. The highest BCUT2D eigenvalue weighted by Gasteiger charge is 2.49. The number of ether oxygens (including phenoxy) is 3. The highest BCUT2D eigenvalue weighted by atomic mass is 32.2. The molecule has 9 nitrogen and oxygen atoms in total. The topological polar surface area (TPSA) is 100 Å². The van der Waals surface area contributed by atoms with Gasteiger partial charge in [0.1, 0.15) is 0 Å². The maximum atomic E-state index is 12.8. The van der Waals surface area contributed by atoms with Crippen LogP contribution in [0.3, 0.4) is 0 Å². The van der Waals surface area contributed by atoms with Gasteiger partial charge in [-0.2, -0.15) is 26.6 Å². The molecule has 0 radical (unpaired) electrons. The predicted molar refractivity (Wildman–Crippen MR) is 108 cm³/mol. The molecule has 3 rings (SSSR count). The van der Waals surface area contributed by atoms with E-state index < -0.39 is 21.5 Å². The van der Waals surface area contributed by atoms with E-state index in [1.54, 1.807) is 30.2 Å². The number of hydrogen-bond acceptors (Lipinski definition) is 9. The average molecular weight is 477 g/mol. The van der Waals surface area contributed by atoms with Crippen LogP contribution in [0.15, 0.2) is 30.3 Å². The van der Waals surface area contributed by atoms with E-state index in [4.69, 9.17) is 14.2 Å². The molecule has 0 saturated carbocycles. The first-order valence-electron chi connectivity index (χ1n) is 9.58. The number of morpholine rings is 1. The molecule has 2 aromatic rings. The molecular formula is C19H22F3N3O6S. The first kappa shape index (κ1) is 24.2. The largest absolute Gasteiger partial charge is 0.534 e. The van der Waals surface area contributed by atoms with Crippen molar-refractivity contribution >= 4 is 16.1 Å². The Morgan fingerprint density at radius 3 is 2.56 bits per heavy atom. The van der Waals surface area contributed by atoms with E-state index in [0.717, 1.165) is 11.6 Å². The Bertz CT molecular complexity index is 1010. The van der Waals surface area contributed by atoms with Crippen LogP contribution in [-0.2, 0) is 30.9 Å². The van der Waals surface area contributed by atoms with Crippen LogP contribution >= 0.6 is 0 Å². The van der Waals surface area contributed by atoms with Crippen LogP contribution < -0.4 is 9.08 Å². The van der Waals surface area contributed by atoms with Crippen LogP contribution in [0.2, 0.25) is 0 Å². The Kier molecular flexibility index (Phi) is 7.87. The lowest BCUT2D eigenvalue weighted by Crippen LogP contribution is -2.37. The molecule has 0 bridgehead atoms. The van der Waals surface area contributed by atoms with Crippen LogP contribution in [0.25, 0.3) is 11.3 Å². The molecule has 1 fully saturated rings. The molecule has 1 aliphatic rings. The number of aromatic nitrogens is 2. The van der Waals surface area contributed by atoms with Gasteiger partial charge in [0.15, 0.2) is 0 Å². The average Bonchev–Trinajstić information content (AvgIpc) is 2.76. The third kappa shape index (κ3) is 6.28. The second kappa shape index (κ2) is 10.4. The van der Waals surface area contributed by atoms with Crippen LogP contribution in [-0.4, -0.2) is 70.5 Å². The molecule has 0 unspecified atom stereocenters. The zero-order valence-electron chi connectivity index (χ0n) is 17.2. The minimum atomic E-state index is -5.89. The number of alkyl halides is 3. The zero-order chi connectivity index (χ0) is 23.2. The Labute approximate surface area is 183 Å². The van der Waals surface area contributed by atoms with Gasteiger partial charge in [-0.25, -0.2) is 4.98 Å². The number of nitrogens with zero attached hydrogens (tertiary/aromatic N) is 3. The summed E-state index contributed by atoms with van der Waals surface area (Å²) in [7, 11) is -4.33. The van der Waals surface area contributed by atoms with Gasteiger partial charge in [0.05, 0.1) is 38.7 Å². The quantitative estimate of drug-likeness (QED) is 0.306. The van der Waals surface area contributed by atoms with Crippen molar-refractivity contribution in [3.63, 3.8) is 0 Å². The number of hydrogen-bond donors (Lipinski definition) is 0. The third-order valence-electron chi connectivity index (χ3n) is 4.39. The van der Waals surface area contributed by atoms with Crippen molar-refractivity contribution in [3.8, 4) is 17.1 Å². The maximum absolute atomic E-state index is 12.8. The van der Waals surface area contributed by atoms with Crippen molar-refractivity contribution in [2.75, 3.05) is 51.5 Å². The normalized spacial score (nSPS) is 15.1. The number of rotatable bonds is 9. The van der Waals surface area contributed by atoms with Crippen LogP contribution in [0.5, 0.6) is 5.88 Å². The van der Waals surface area contributed by atoms with Gasteiger partial charge < -0.3 is 23.3 Å². The smallest absolute Gasteiger partial charge is 0.382 e. The monoisotopic (exact) mass is 477 g/mol. The molecule has 1 aromatic heterocycles. The molecule has 0 aliphatic carbocycles. The molecule has 1 saturated heterocycles. The number of anilines is 1. The predicted octanol–water partition coefficient (Wildman–Crippen LogP) is 2.37. The highest BCUT2D eigenvalue weighted by molar-refractivity contribution is 7.87. The van der Waals surface area contributed by atoms with Gasteiger partial charge in [-0.3, -0.25) is 0 Å². The fourth-order valence-corrected chi connectivity index (χ4v) is 3.23. The number of benzene rings is 1. The molecule has 0 N–H and O–H groups in total. The summed E-state index contributed by atoms with van der Waals surface area (Å²) < 4.78 is 81.4. The molecule has 1 aromatic carbocycles. The summed E-state index contributed by atoms with van der Waals surface area (Å²) in [5.74, 6) is -0.685. The SMILES string of the molecule is COCCOCc1cccc(-c2cc(OS(=O)(=O)C(F)(F)F)nc(N3CCOCC3)n2)c1. The van der Waals surface area contributed by atoms with Gasteiger partial charge in [-0.05, 0) is 11.6 Å². The third-order valence-corrected chi connectivity index (χ3v) is 5.34. The second-order valence-electron chi connectivity index (χ2n) is 6.72. The Balaban J connectivity index is 1.94. The summed E-state index contributed by atoms with van der Waals surface area (Å²) in [6.45, 7) is 2.64. The molecule has 2 heterocycles. The van der Waals surface area contributed by atoms with E-state index in [2.05, 4.69) is 14.2 Å². The minimum Gasteiger partial charge on any atom is -0.382 e. The van der Waals surface area contributed by atoms with Crippen molar-refractivity contribution in [2.45, 2.75) is 12.1 Å². The molecule has 1 aliphatic heterocycles. The summed E-state index contributed by atoms with van der Waals surface area (Å²) in [6.07, 6.45) is 0.